The molecule has 0 bridgehead atoms. The van der Waals surface area contributed by atoms with Gasteiger partial charge in [-0.3, -0.25) is 4.90 Å². The van der Waals surface area contributed by atoms with Crippen molar-refractivity contribution >= 4 is 6.03 Å². The van der Waals surface area contributed by atoms with Crippen LogP contribution in [-0.2, 0) is 6.42 Å². The van der Waals surface area contributed by atoms with Crippen molar-refractivity contribution in [2.45, 2.75) is 31.7 Å². The normalized spacial score (nSPS) is 22.7. The number of nitrogens with zero attached hydrogens (tertiary/aromatic N) is 2. The van der Waals surface area contributed by atoms with Crippen LogP contribution < -0.4 is 5.32 Å². The van der Waals surface area contributed by atoms with Crippen molar-refractivity contribution < 1.29 is 4.79 Å². The van der Waals surface area contributed by atoms with Crippen molar-refractivity contribution in [3.05, 3.63) is 35.9 Å². The molecule has 21 heavy (non-hydrogen) atoms. The molecule has 2 fully saturated rings. The number of nitrogens with one attached hydrogen (secondary N) is 1. The first-order valence-corrected chi connectivity index (χ1v) is 8.14. The van der Waals surface area contributed by atoms with E-state index in [9.17, 15) is 4.79 Å². The summed E-state index contributed by atoms with van der Waals surface area (Å²) in [4.78, 5) is 16.8. The number of rotatable bonds is 3. The Morgan fingerprint density at radius 3 is 2.86 bits per heavy atom. The maximum atomic E-state index is 12.3. The fourth-order valence-corrected chi connectivity index (χ4v) is 3.41. The van der Waals surface area contributed by atoms with Gasteiger partial charge in [-0.25, -0.2) is 4.79 Å². The van der Waals surface area contributed by atoms with Crippen molar-refractivity contribution in [1.29, 1.82) is 0 Å². The van der Waals surface area contributed by atoms with Gasteiger partial charge in [-0.1, -0.05) is 36.8 Å². The summed E-state index contributed by atoms with van der Waals surface area (Å²) < 4.78 is 0. The van der Waals surface area contributed by atoms with E-state index in [0.717, 1.165) is 26.1 Å². The molecule has 1 aromatic carbocycles. The number of amides is 2. The molecule has 114 valence electrons. The second-order valence-electron chi connectivity index (χ2n) is 6.10. The van der Waals surface area contributed by atoms with Gasteiger partial charge in [0.1, 0.15) is 0 Å². The maximum absolute atomic E-state index is 12.3. The van der Waals surface area contributed by atoms with Gasteiger partial charge in [-0.2, -0.15) is 0 Å². The summed E-state index contributed by atoms with van der Waals surface area (Å²) in [5, 5.41) is 3.06. The minimum absolute atomic E-state index is 0.108. The SMILES string of the molecule is O=C(NCCc1ccccc1)N1CCN2CCCC[C@H]2C1. The van der Waals surface area contributed by atoms with Gasteiger partial charge in [0.25, 0.3) is 0 Å². The van der Waals surface area contributed by atoms with Crippen LogP contribution in [0, 0.1) is 0 Å². The largest absolute Gasteiger partial charge is 0.338 e. The minimum atomic E-state index is 0.108. The van der Waals surface area contributed by atoms with Crippen LogP contribution in [0.4, 0.5) is 4.79 Å². The number of piperidine rings is 1. The Hall–Kier alpha value is -1.55. The standard InChI is InChI=1S/C17H25N3O/c21-17(18-10-9-15-6-2-1-3-7-15)20-13-12-19-11-5-4-8-16(19)14-20/h1-3,6-7,16H,4-5,8-14H2,(H,18,21)/t16-/m0/s1. The number of hydrogen-bond acceptors (Lipinski definition) is 2. The second-order valence-corrected chi connectivity index (χ2v) is 6.10. The molecule has 2 saturated heterocycles. The smallest absolute Gasteiger partial charge is 0.317 e. The molecule has 4 nitrogen and oxygen atoms in total. The van der Waals surface area contributed by atoms with Crippen LogP contribution in [0.1, 0.15) is 24.8 Å². The molecule has 0 spiro atoms. The monoisotopic (exact) mass is 287 g/mol. The first-order chi connectivity index (χ1) is 10.3. The molecule has 0 saturated carbocycles. The lowest BCUT2D eigenvalue weighted by Crippen LogP contribution is -2.58. The second kappa shape index (κ2) is 6.94. The molecule has 1 atom stereocenters. The fraction of sp³-hybridized carbons (Fsp3) is 0.588. The van der Waals surface area contributed by atoms with E-state index in [0.29, 0.717) is 12.6 Å². The Labute approximate surface area is 127 Å². The molecule has 2 amide bonds. The fourth-order valence-electron chi connectivity index (χ4n) is 3.41. The number of carbonyl (C=O) groups excluding carboxylic acids is 1. The molecule has 0 radical (unpaired) electrons. The Morgan fingerprint density at radius 2 is 2.00 bits per heavy atom. The van der Waals surface area contributed by atoms with Gasteiger partial charge < -0.3 is 10.2 Å². The maximum Gasteiger partial charge on any atom is 0.317 e. The van der Waals surface area contributed by atoms with Gasteiger partial charge in [0.15, 0.2) is 0 Å². The molecular weight excluding hydrogens is 262 g/mol. The van der Waals surface area contributed by atoms with Crippen molar-refractivity contribution in [3.8, 4) is 0 Å². The van der Waals surface area contributed by atoms with Crippen molar-refractivity contribution in [2.75, 3.05) is 32.7 Å². The van der Waals surface area contributed by atoms with Crippen LogP contribution in [0.3, 0.4) is 0 Å². The highest BCUT2D eigenvalue weighted by Crippen LogP contribution is 2.20. The first-order valence-electron chi connectivity index (χ1n) is 8.14. The Bertz CT molecular complexity index is 462. The highest BCUT2D eigenvalue weighted by atomic mass is 16.2. The Balaban J connectivity index is 1.43. The molecule has 4 heteroatoms. The predicted molar refractivity (Wildman–Crippen MR) is 84.3 cm³/mol. The zero-order valence-corrected chi connectivity index (χ0v) is 12.6. The van der Waals surface area contributed by atoms with E-state index in [1.54, 1.807) is 0 Å². The summed E-state index contributed by atoms with van der Waals surface area (Å²) in [6, 6.07) is 11.0. The summed E-state index contributed by atoms with van der Waals surface area (Å²) in [6.07, 6.45) is 4.77. The van der Waals surface area contributed by atoms with E-state index in [1.807, 2.05) is 23.1 Å². The number of carbonyl (C=O) groups is 1. The first kappa shape index (κ1) is 14.4. The predicted octanol–water partition coefficient (Wildman–Crippen LogP) is 2.11. The molecule has 2 heterocycles. The van der Waals surface area contributed by atoms with Gasteiger partial charge in [0.05, 0.1) is 0 Å². The quantitative estimate of drug-likeness (QED) is 0.924. The molecule has 0 aromatic heterocycles. The average molecular weight is 287 g/mol. The van der Waals surface area contributed by atoms with Crippen LogP contribution in [0.15, 0.2) is 30.3 Å². The zero-order chi connectivity index (χ0) is 14.5. The number of urea groups is 1. The highest BCUT2D eigenvalue weighted by Gasteiger charge is 2.30. The zero-order valence-electron chi connectivity index (χ0n) is 12.6. The van der Waals surface area contributed by atoms with E-state index in [-0.39, 0.29) is 6.03 Å². The van der Waals surface area contributed by atoms with Crippen molar-refractivity contribution in [2.24, 2.45) is 0 Å². The summed E-state index contributed by atoms with van der Waals surface area (Å²) in [7, 11) is 0. The number of fused-ring (bicyclic) bond motifs is 1. The molecule has 2 aliphatic rings. The van der Waals surface area contributed by atoms with E-state index < -0.39 is 0 Å². The lowest BCUT2D eigenvalue weighted by Gasteiger charge is -2.43. The summed E-state index contributed by atoms with van der Waals surface area (Å²) >= 11 is 0. The lowest BCUT2D eigenvalue weighted by atomic mass is 10.00. The van der Waals surface area contributed by atoms with Crippen LogP contribution >= 0.6 is 0 Å². The average Bonchev–Trinajstić information content (AvgIpc) is 2.55. The summed E-state index contributed by atoms with van der Waals surface area (Å²) in [6.45, 7) is 4.74. The van der Waals surface area contributed by atoms with Gasteiger partial charge in [0.2, 0.25) is 0 Å². The van der Waals surface area contributed by atoms with E-state index >= 15 is 0 Å². The summed E-state index contributed by atoms with van der Waals surface area (Å²) in [5.41, 5.74) is 1.27. The molecule has 0 aliphatic carbocycles. The molecule has 1 N–H and O–H groups in total. The number of piperazine rings is 1. The van der Waals surface area contributed by atoms with Gasteiger partial charge in [-0.15, -0.1) is 0 Å². The van der Waals surface area contributed by atoms with Gasteiger partial charge in [0, 0.05) is 32.2 Å². The van der Waals surface area contributed by atoms with Gasteiger partial charge in [-0.05, 0) is 31.4 Å². The van der Waals surface area contributed by atoms with Gasteiger partial charge >= 0.3 is 6.03 Å². The molecule has 2 aliphatic heterocycles. The molecule has 3 rings (SSSR count). The van der Waals surface area contributed by atoms with Crippen LogP contribution in [-0.4, -0.2) is 54.6 Å². The van der Waals surface area contributed by atoms with Crippen LogP contribution in [0.2, 0.25) is 0 Å². The molecule has 0 unspecified atom stereocenters. The summed E-state index contributed by atoms with van der Waals surface area (Å²) in [5.74, 6) is 0. The number of benzene rings is 1. The van der Waals surface area contributed by atoms with Crippen LogP contribution in [0.25, 0.3) is 0 Å². The third-order valence-corrected chi connectivity index (χ3v) is 4.66. The van der Waals surface area contributed by atoms with Crippen molar-refractivity contribution in [3.63, 3.8) is 0 Å². The van der Waals surface area contributed by atoms with Crippen LogP contribution in [0.5, 0.6) is 0 Å². The lowest BCUT2D eigenvalue weighted by molar-refractivity contribution is 0.0644. The number of hydrogen-bond donors (Lipinski definition) is 1. The van der Waals surface area contributed by atoms with E-state index in [2.05, 4.69) is 22.3 Å². The Morgan fingerprint density at radius 1 is 1.14 bits per heavy atom. The highest BCUT2D eigenvalue weighted by molar-refractivity contribution is 5.74. The molecule has 1 aromatic rings. The minimum Gasteiger partial charge on any atom is -0.338 e. The Kier molecular flexibility index (Phi) is 4.76. The van der Waals surface area contributed by atoms with Crippen molar-refractivity contribution in [1.82, 2.24) is 15.1 Å². The van der Waals surface area contributed by atoms with E-state index in [1.165, 1.54) is 31.4 Å². The topological polar surface area (TPSA) is 35.6 Å². The molecular formula is C17H25N3O. The third kappa shape index (κ3) is 3.76. The third-order valence-electron chi connectivity index (χ3n) is 4.66. The van der Waals surface area contributed by atoms with E-state index in [4.69, 9.17) is 0 Å².